The van der Waals surface area contributed by atoms with Crippen molar-refractivity contribution in [3.63, 3.8) is 0 Å². The predicted octanol–water partition coefficient (Wildman–Crippen LogP) is 5.74. The molecule has 0 heterocycles. The molecule has 1 unspecified atom stereocenters. The Bertz CT molecular complexity index is 588. The van der Waals surface area contributed by atoms with Crippen LogP contribution in [0.5, 0.6) is 0 Å². The Hall–Kier alpha value is -1.15. The van der Waals surface area contributed by atoms with Gasteiger partial charge in [0.25, 0.3) is 0 Å². The molecular formula is C18H20BrF. The predicted molar refractivity (Wildman–Crippen MR) is 87.2 cm³/mol. The zero-order valence-electron chi connectivity index (χ0n) is 12.4. The van der Waals surface area contributed by atoms with Gasteiger partial charge >= 0.3 is 0 Å². The van der Waals surface area contributed by atoms with E-state index < -0.39 is 0 Å². The van der Waals surface area contributed by atoms with E-state index in [2.05, 4.69) is 49.7 Å². The van der Waals surface area contributed by atoms with Gasteiger partial charge in [-0.05, 0) is 79.6 Å². The highest BCUT2D eigenvalue weighted by atomic mass is 79.9. The van der Waals surface area contributed by atoms with E-state index in [0.29, 0.717) is 0 Å². The van der Waals surface area contributed by atoms with Crippen LogP contribution in [0.15, 0.2) is 30.3 Å². The van der Waals surface area contributed by atoms with Crippen LogP contribution in [-0.4, -0.2) is 0 Å². The lowest BCUT2D eigenvalue weighted by Crippen LogP contribution is -2.04. The lowest BCUT2D eigenvalue weighted by atomic mass is 9.90. The third-order valence-corrected chi connectivity index (χ3v) is 4.85. The lowest BCUT2D eigenvalue weighted by Gasteiger charge is -2.20. The Morgan fingerprint density at radius 3 is 1.95 bits per heavy atom. The molecule has 106 valence electrons. The summed E-state index contributed by atoms with van der Waals surface area (Å²) in [5.41, 5.74) is 7.85. The van der Waals surface area contributed by atoms with Crippen molar-refractivity contribution in [1.82, 2.24) is 0 Å². The fourth-order valence-corrected chi connectivity index (χ4v) is 3.71. The van der Waals surface area contributed by atoms with E-state index in [-0.39, 0.29) is 10.6 Å². The van der Waals surface area contributed by atoms with Gasteiger partial charge in [-0.2, -0.15) is 0 Å². The maximum Gasteiger partial charge on any atom is 0.123 e. The summed E-state index contributed by atoms with van der Waals surface area (Å²) in [6, 6.07) is 9.01. The summed E-state index contributed by atoms with van der Waals surface area (Å²) in [5.74, 6) is -0.182. The zero-order chi connectivity index (χ0) is 14.9. The van der Waals surface area contributed by atoms with Crippen molar-refractivity contribution < 1.29 is 4.39 Å². The van der Waals surface area contributed by atoms with E-state index in [1.54, 1.807) is 0 Å². The largest absolute Gasteiger partial charge is 0.207 e. The molecule has 0 aliphatic carbocycles. The molecule has 2 rings (SSSR count). The van der Waals surface area contributed by atoms with Gasteiger partial charge in [-0.25, -0.2) is 4.39 Å². The minimum atomic E-state index is -0.182. The molecule has 1 atom stereocenters. The van der Waals surface area contributed by atoms with Crippen LogP contribution in [0.4, 0.5) is 4.39 Å². The number of benzene rings is 2. The van der Waals surface area contributed by atoms with Crippen LogP contribution in [0, 0.1) is 33.5 Å². The third-order valence-electron chi connectivity index (χ3n) is 4.07. The van der Waals surface area contributed by atoms with Crippen LogP contribution < -0.4 is 0 Å². The van der Waals surface area contributed by atoms with Gasteiger partial charge in [0.05, 0.1) is 0 Å². The van der Waals surface area contributed by atoms with Gasteiger partial charge in [-0.1, -0.05) is 34.1 Å². The molecule has 20 heavy (non-hydrogen) atoms. The maximum atomic E-state index is 13.0. The molecule has 0 spiro atoms. The second-order valence-electron chi connectivity index (χ2n) is 5.47. The Balaban J connectivity index is 2.34. The normalized spacial score (nSPS) is 12.5. The first-order valence-corrected chi connectivity index (χ1v) is 7.77. The second-order valence-corrected chi connectivity index (χ2v) is 6.58. The molecular weight excluding hydrogens is 315 g/mol. The first-order chi connectivity index (χ1) is 9.40. The fraction of sp³-hybridized carbons (Fsp3) is 0.333. The monoisotopic (exact) mass is 334 g/mol. The van der Waals surface area contributed by atoms with E-state index in [4.69, 9.17) is 0 Å². The highest BCUT2D eigenvalue weighted by Crippen LogP contribution is 2.34. The van der Waals surface area contributed by atoms with Crippen molar-refractivity contribution in [2.24, 2.45) is 0 Å². The molecule has 0 nitrogen and oxygen atoms in total. The Kier molecular flexibility index (Phi) is 4.64. The van der Waals surface area contributed by atoms with Gasteiger partial charge in [0.15, 0.2) is 0 Å². The molecule has 0 aliphatic rings. The summed E-state index contributed by atoms with van der Waals surface area (Å²) in [4.78, 5) is 0.256. The highest BCUT2D eigenvalue weighted by molar-refractivity contribution is 9.09. The van der Waals surface area contributed by atoms with Crippen molar-refractivity contribution in [3.05, 3.63) is 69.5 Å². The van der Waals surface area contributed by atoms with Gasteiger partial charge in [0.1, 0.15) is 5.82 Å². The second kappa shape index (κ2) is 6.09. The van der Waals surface area contributed by atoms with Crippen LogP contribution in [0.2, 0.25) is 0 Å². The number of hydrogen-bond acceptors (Lipinski definition) is 0. The zero-order valence-corrected chi connectivity index (χ0v) is 14.0. The van der Waals surface area contributed by atoms with Gasteiger partial charge in [-0.3, -0.25) is 0 Å². The topological polar surface area (TPSA) is 0 Å². The summed E-state index contributed by atoms with van der Waals surface area (Å²) in [7, 11) is 0. The molecule has 0 amide bonds. The summed E-state index contributed by atoms with van der Waals surface area (Å²) in [6.45, 7) is 8.66. The average molecular weight is 335 g/mol. The number of rotatable bonds is 3. The Labute approximate surface area is 129 Å². The first-order valence-electron chi connectivity index (χ1n) is 6.86. The van der Waals surface area contributed by atoms with Crippen molar-refractivity contribution in [2.45, 2.75) is 38.9 Å². The molecule has 0 N–H and O–H groups in total. The number of halogens is 2. The summed E-state index contributed by atoms with van der Waals surface area (Å²) >= 11 is 3.82. The fourth-order valence-electron chi connectivity index (χ4n) is 2.65. The van der Waals surface area contributed by atoms with Crippen molar-refractivity contribution >= 4 is 15.9 Å². The molecule has 0 radical (unpaired) electrons. The Morgan fingerprint density at radius 2 is 1.45 bits per heavy atom. The van der Waals surface area contributed by atoms with Crippen LogP contribution in [0.3, 0.4) is 0 Å². The smallest absolute Gasteiger partial charge is 0.123 e. The minimum Gasteiger partial charge on any atom is -0.207 e. The molecule has 0 aromatic heterocycles. The van der Waals surface area contributed by atoms with Crippen molar-refractivity contribution in [2.75, 3.05) is 0 Å². The number of hydrogen-bond donors (Lipinski definition) is 0. The average Bonchev–Trinajstić information content (AvgIpc) is 2.39. The minimum absolute atomic E-state index is 0.182. The van der Waals surface area contributed by atoms with E-state index in [1.165, 1.54) is 39.9 Å². The quantitative estimate of drug-likeness (QED) is 0.628. The molecule has 0 saturated heterocycles. The third kappa shape index (κ3) is 3.12. The van der Waals surface area contributed by atoms with Crippen molar-refractivity contribution in [3.8, 4) is 0 Å². The maximum absolute atomic E-state index is 13.0. The van der Waals surface area contributed by atoms with Gasteiger partial charge < -0.3 is 0 Å². The van der Waals surface area contributed by atoms with Crippen LogP contribution in [0.1, 0.15) is 38.2 Å². The van der Waals surface area contributed by atoms with Crippen LogP contribution >= 0.6 is 15.9 Å². The standard InChI is InChI=1S/C18H20BrF/c1-11-9-12(2)14(4)18(13(11)3)17(19)10-15-5-7-16(20)8-6-15/h5-9,17H,10H2,1-4H3. The molecule has 2 aromatic rings. The molecule has 0 saturated carbocycles. The number of alkyl halides is 1. The summed E-state index contributed by atoms with van der Waals surface area (Å²) in [6.07, 6.45) is 0.866. The molecule has 0 bridgehead atoms. The molecule has 2 aromatic carbocycles. The molecule has 0 aliphatic heterocycles. The van der Waals surface area contributed by atoms with Crippen LogP contribution in [-0.2, 0) is 6.42 Å². The summed E-state index contributed by atoms with van der Waals surface area (Å²) < 4.78 is 13.0. The van der Waals surface area contributed by atoms with Gasteiger partial charge in [-0.15, -0.1) is 0 Å². The first kappa shape index (κ1) is 15.2. The Morgan fingerprint density at radius 1 is 0.950 bits per heavy atom. The van der Waals surface area contributed by atoms with E-state index >= 15 is 0 Å². The van der Waals surface area contributed by atoms with Gasteiger partial charge in [0, 0.05) is 4.83 Å². The highest BCUT2D eigenvalue weighted by Gasteiger charge is 2.16. The van der Waals surface area contributed by atoms with Gasteiger partial charge in [0.2, 0.25) is 0 Å². The van der Waals surface area contributed by atoms with Crippen molar-refractivity contribution in [1.29, 1.82) is 0 Å². The molecule has 2 heteroatoms. The lowest BCUT2D eigenvalue weighted by molar-refractivity contribution is 0.627. The SMILES string of the molecule is Cc1cc(C)c(C)c(C(Br)Cc2ccc(F)cc2)c1C. The molecule has 0 fully saturated rings. The van der Waals surface area contributed by atoms with Crippen LogP contribution in [0.25, 0.3) is 0 Å². The van der Waals surface area contributed by atoms with E-state index in [9.17, 15) is 4.39 Å². The van der Waals surface area contributed by atoms with E-state index in [1.807, 2.05) is 12.1 Å². The summed E-state index contributed by atoms with van der Waals surface area (Å²) in [5, 5.41) is 0. The van der Waals surface area contributed by atoms with E-state index in [0.717, 1.165) is 12.0 Å². The number of aryl methyl sites for hydroxylation is 2.